The Kier molecular flexibility index (Phi) is 20.6. The lowest BCUT2D eigenvalue weighted by atomic mass is 10.1. The summed E-state index contributed by atoms with van der Waals surface area (Å²) in [5, 5.41) is 15.8. The lowest BCUT2D eigenvalue weighted by Crippen LogP contribution is -2.16. The lowest BCUT2D eigenvalue weighted by Gasteiger charge is -2.06. The molecule has 6 heterocycles. The van der Waals surface area contributed by atoms with Gasteiger partial charge in [-0.2, -0.15) is 20.2 Å². The maximum atomic E-state index is 12.0. The van der Waals surface area contributed by atoms with Crippen molar-refractivity contribution in [2.45, 2.75) is 52.1 Å². The molecule has 0 aliphatic rings. The quantitative estimate of drug-likeness (QED) is 0.106. The molecule has 22 heteroatoms. The molecule has 1 unspecified atom stereocenters. The number of aliphatic hydroxyl groups is 1. The number of aromatic nitrogens is 6. The summed E-state index contributed by atoms with van der Waals surface area (Å²) in [6, 6.07) is 4.31. The van der Waals surface area contributed by atoms with E-state index in [1.54, 1.807) is 6.07 Å². The largest absolute Gasteiger partial charge is 0.460 e. The molecule has 61 heavy (non-hydrogen) atoms. The van der Waals surface area contributed by atoms with Gasteiger partial charge in [0, 0.05) is 25.3 Å². The highest BCUT2D eigenvalue weighted by atomic mass is 79.9. The molecule has 20 nitrogen and oxygen atoms in total. The molecule has 6 aromatic heterocycles. The molecule has 6 aromatic rings. The van der Waals surface area contributed by atoms with Gasteiger partial charge in [0.2, 0.25) is 22.3 Å². The molecule has 4 N–H and O–H groups in total. The van der Waals surface area contributed by atoms with Crippen molar-refractivity contribution >= 4 is 60.0 Å². The molecular weight excluding hydrogens is 886 g/mol. The SMILES string of the molecule is C=CCO.C=CCOc1nc2oc(=O)c(Br)c(CC)c2c(=O)[nH]1.C=CCOc1nc2oc(=O)cc(CC)c2c(=O)[nH]1.CC#N.CCc1cc(=O)oc2nc(S(C)=O)[nH]c(=O)c12. The monoisotopic (exact) mass is 927 g/mol. The standard InChI is InChI=1S/C12H11BrN2O4.C12H12N2O4.C10H10N2O4S.C3H6O.C2H3N/c1-3-5-18-12-14-9(16)7-6(4-2)8(13)11(17)19-10(7)15-12;1-3-5-17-12-13-10(16)9-7(4-2)6-8(15)18-11(9)14-12;1-3-5-4-6(13)16-9-7(5)8(14)11-10(12-9)17(2)15;1-2-3-4;1-2-3/h3H,1,4-5H2,2H3,(H,14,15,16);3,6H,1,4-5H2,2H3,(H,13,14,16);4H,3H2,1-2H3,(H,11,12,14);2,4H,1,3H2;1H3. The highest BCUT2D eigenvalue weighted by molar-refractivity contribution is 9.10. The van der Waals surface area contributed by atoms with Crippen LogP contribution in [-0.2, 0) is 30.1 Å². The number of aryl methyl sites for hydroxylation is 3. The van der Waals surface area contributed by atoms with Gasteiger partial charge in [0.1, 0.15) is 33.8 Å². The van der Waals surface area contributed by atoms with Crippen molar-refractivity contribution in [3.8, 4) is 18.1 Å². The molecule has 0 saturated carbocycles. The summed E-state index contributed by atoms with van der Waals surface area (Å²) in [5.74, 6) is 0. The van der Waals surface area contributed by atoms with E-state index in [1.165, 1.54) is 43.5 Å². The Morgan fingerprint density at radius 3 is 1.56 bits per heavy atom. The van der Waals surface area contributed by atoms with Gasteiger partial charge in [-0.15, -0.1) is 6.58 Å². The highest BCUT2D eigenvalue weighted by Crippen LogP contribution is 2.21. The first-order valence-corrected chi connectivity index (χ1v) is 20.2. The first kappa shape index (κ1) is 50.3. The van der Waals surface area contributed by atoms with Gasteiger partial charge in [-0.1, -0.05) is 52.2 Å². The molecule has 1 atom stereocenters. The molecule has 0 radical (unpaired) electrons. The second-order valence-electron chi connectivity index (χ2n) is 11.4. The van der Waals surface area contributed by atoms with Crippen molar-refractivity contribution in [2.75, 3.05) is 26.1 Å². The van der Waals surface area contributed by atoms with Crippen LogP contribution in [0.5, 0.6) is 12.0 Å². The summed E-state index contributed by atoms with van der Waals surface area (Å²) in [5.41, 5.74) is -1.30. The van der Waals surface area contributed by atoms with Crippen molar-refractivity contribution in [3.05, 3.63) is 134 Å². The fraction of sp³-hybridized carbons (Fsp3) is 0.282. The van der Waals surface area contributed by atoms with Crippen LogP contribution in [0.1, 0.15) is 44.4 Å². The number of rotatable bonds is 11. The zero-order chi connectivity index (χ0) is 45.8. The fourth-order valence-corrected chi connectivity index (χ4v) is 5.84. The van der Waals surface area contributed by atoms with Gasteiger partial charge in [0.15, 0.2) is 0 Å². The van der Waals surface area contributed by atoms with Gasteiger partial charge in [0.25, 0.3) is 28.7 Å². The third kappa shape index (κ3) is 13.9. The van der Waals surface area contributed by atoms with Crippen molar-refractivity contribution in [1.82, 2.24) is 29.9 Å². The first-order chi connectivity index (χ1) is 29.1. The van der Waals surface area contributed by atoms with Crippen LogP contribution in [0.15, 0.2) is 102 Å². The predicted molar refractivity (Wildman–Crippen MR) is 231 cm³/mol. The highest BCUT2D eigenvalue weighted by Gasteiger charge is 2.17. The second kappa shape index (κ2) is 24.9. The van der Waals surface area contributed by atoms with Gasteiger partial charge in [-0.3, -0.25) is 33.5 Å². The van der Waals surface area contributed by atoms with Gasteiger partial charge in [0.05, 0.1) is 23.5 Å². The maximum absolute atomic E-state index is 12.0. The van der Waals surface area contributed by atoms with Crippen molar-refractivity contribution < 1.29 is 32.0 Å². The maximum Gasteiger partial charge on any atom is 0.352 e. The Labute approximate surface area is 355 Å². The molecule has 0 spiro atoms. The zero-order valence-corrected chi connectivity index (χ0v) is 36.1. The van der Waals surface area contributed by atoms with Crippen LogP contribution < -0.4 is 43.0 Å². The van der Waals surface area contributed by atoms with E-state index >= 15 is 0 Å². The third-order valence-electron chi connectivity index (χ3n) is 7.34. The number of H-pyrrole nitrogens is 3. The van der Waals surface area contributed by atoms with Crippen molar-refractivity contribution in [1.29, 1.82) is 5.26 Å². The summed E-state index contributed by atoms with van der Waals surface area (Å²) in [6.07, 6.45) is 7.40. The Balaban J connectivity index is 0.000000292. The third-order valence-corrected chi connectivity index (χ3v) is 8.88. The second-order valence-corrected chi connectivity index (χ2v) is 13.5. The minimum absolute atomic E-state index is 0.00102. The molecule has 0 aliphatic carbocycles. The minimum Gasteiger partial charge on any atom is -0.460 e. The van der Waals surface area contributed by atoms with Crippen LogP contribution in [0, 0.1) is 11.3 Å². The van der Waals surface area contributed by atoms with Gasteiger partial charge in [-0.05, 0) is 51.9 Å². The number of halogens is 1. The molecule has 0 fully saturated rings. The van der Waals surface area contributed by atoms with Gasteiger partial charge >= 0.3 is 16.9 Å². The number of fused-ring (bicyclic) bond motifs is 3. The molecule has 0 aliphatic heterocycles. The van der Waals surface area contributed by atoms with Crippen molar-refractivity contribution in [3.63, 3.8) is 0 Å². The van der Waals surface area contributed by atoms with E-state index in [0.717, 1.165) is 0 Å². The number of nitrogens with one attached hydrogen (secondary N) is 3. The van der Waals surface area contributed by atoms with E-state index in [2.05, 4.69) is 65.6 Å². The summed E-state index contributed by atoms with van der Waals surface area (Å²) >= 11 is 3.12. The van der Waals surface area contributed by atoms with E-state index < -0.39 is 38.8 Å². The van der Waals surface area contributed by atoms with E-state index in [1.807, 2.05) is 20.8 Å². The number of aromatic amines is 3. The van der Waals surface area contributed by atoms with E-state index in [0.29, 0.717) is 36.0 Å². The fourth-order valence-electron chi connectivity index (χ4n) is 4.83. The number of nitriles is 1. The Hall–Kier alpha value is -6.83. The van der Waals surface area contributed by atoms with E-state index in [9.17, 15) is 33.0 Å². The average Bonchev–Trinajstić information content (AvgIpc) is 3.22. The van der Waals surface area contributed by atoms with E-state index in [4.69, 9.17) is 33.1 Å². The molecule has 324 valence electrons. The molecule has 0 amide bonds. The molecule has 0 saturated heterocycles. The number of hydrogen-bond donors (Lipinski definition) is 4. The van der Waals surface area contributed by atoms with Gasteiger partial charge in [-0.25, -0.2) is 14.4 Å². The average molecular weight is 929 g/mol. The topological polar surface area (TPSA) is 307 Å². The van der Waals surface area contributed by atoms with Crippen LogP contribution in [0.3, 0.4) is 0 Å². The number of aliphatic hydroxyl groups excluding tert-OH is 1. The minimum atomic E-state index is -1.44. The van der Waals surface area contributed by atoms with E-state index in [-0.39, 0.29) is 80.3 Å². The Morgan fingerprint density at radius 2 is 1.16 bits per heavy atom. The van der Waals surface area contributed by atoms with Crippen LogP contribution in [0.25, 0.3) is 33.3 Å². The number of nitrogens with zero attached hydrogens (tertiary/aromatic N) is 4. The molecule has 0 bridgehead atoms. The number of hydrogen-bond acceptors (Lipinski definition) is 17. The van der Waals surface area contributed by atoms with Gasteiger partial charge < -0.3 is 27.8 Å². The predicted octanol–water partition coefficient (Wildman–Crippen LogP) is 3.64. The first-order valence-electron chi connectivity index (χ1n) is 17.8. The Bertz CT molecular complexity index is 2940. The normalized spacial score (nSPS) is 10.5. The number of ether oxygens (including phenoxy) is 2. The Morgan fingerprint density at radius 1 is 0.754 bits per heavy atom. The van der Waals surface area contributed by atoms with Crippen LogP contribution >= 0.6 is 15.9 Å². The summed E-state index contributed by atoms with van der Waals surface area (Å²) in [4.78, 5) is 89.1. The van der Waals surface area contributed by atoms with Crippen LogP contribution in [-0.4, -0.2) is 65.3 Å². The zero-order valence-electron chi connectivity index (χ0n) is 33.7. The van der Waals surface area contributed by atoms with Crippen LogP contribution in [0.4, 0.5) is 0 Å². The van der Waals surface area contributed by atoms with Crippen LogP contribution in [0.2, 0.25) is 0 Å². The summed E-state index contributed by atoms with van der Waals surface area (Å²) < 4.78 is 36.5. The molecular formula is C39H42BrN7O13S. The smallest absolute Gasteiger partial charge is 0.352 e. The molecule has 0 aromatic carbocycles. The molecule has 6 rings (SSSR count). The summed E-state index contributed by atoms with van der Waals surface area (Å²) in [6.45, 7) is 17.6. The lowest BCUT2D eigenvalue weighted by molar-refractivity contribution is 0.331. The summed E-state index contributed by atoms with van der Waals surface area (Å²) in [7, 11) is -1.44. The van der Waals surface area contributed by atoms with Crippen molar-refractivity contribution in [2.24, 2.45) is 0 Å².